The molecule has 0 N–H and O–H groups in total. The highest BCUT2D eigenvalue weighted by molar-refractivity contribution is 8.17. The van der Waals surface area contributed by atoms with Crippen LogP contribution in [-0.4, -0.2) is 27.7 Å². The zero-order chi connectivity index (χ0) is 9.97. The zero-order valence-electron chi connectivity index (χ0n) is 8.03. The van der Waals surface area contributed by atoms with Gasteiger partial charge in [0.2, 0.25) is 0 Å². The van der Waals surface area contributed by atoms with Crippen molar-refractivity contribution in [2.45, 2.75) is 30.3 Å². The number of carbonyl (C=O) groups excluding carboxylic acids is 2. The van der Waals surface area contributed by atoms with Gasteiger partial charge in [-0.2, -0.15) is 0 Å². The van der Waals surface area contributed by atoms with Crippen LogP contribution in [0.15, 0.2) is 0 Å². The van der Waals surface area contributed by atoms with Crippen molar-refractivity contribution in [3.63, 3.8) is 0 Å². The number of hydrogen-bond donors (Lipinski definition) is 0. The molecule has 0 aromatic carbocycles. The molecule has 14 heavy (non-hydrogen) atoms. The minimum atomic E-state index is -0.279. The average molecular weight is 230 g/mol. The van der Waals surface area contributed by atoms with Gasteiger partial charge < -0.3 is 0 Å². The van der Waals surface area contributed by atoms with Gasteiger partial charge in [-0.25, -0.2) is 0 Å². The van der Waals surface area contributed by atoms with Crippen molar-refractivity contribution in [1.29, 1.82) is 0 Å². The highest BCUT2D eigenvalue weighted by Gasteiger charge is 2.37. The predicted octanol–water partition coefficient (Wildman–Crippen LogP) is 2.12. The highest BCUT2D eigenvalue weighted by Crippen LogP contribution is 2.39. The second kappa shape index (κ2) is 4.71. The second-order valence-electron chi connectivity index (χ2n) is 3.73. The van der Waals surface area contributed by atoms with E-state index in [2.05, 4.69) is 0 Å². The van der Waals surface area contributed by atoms with E-state index in [-0.39, 0.29) is 22.1 Å². The Kier molecular flexibility index (Phi) is 3.55. The van der Waals surface area contributed by atoms with Gasteiger partial charge in [0.05, 0.1) is 10.5 Å². The molecular formula is C10H14O2S2. The fourth-order valence-electron chi connectivity index (χ4n) is 1.93. The number of hydrogen-bond acceptors (Lipinski definition) is 4. The Morgan fingerprint density at radius 1 is 0.929 bits per heavy atom. The Labute approximate surface area is 92.6 Å². The lowest BCUT2D eigenvalue weighted by Gasteiger charge is -2.29. The molecular weight excluding hydrogens is 216 g/mol. The minimum absolute atomic E-state index is 0.188. The summed E-state index contributed by atoms with van der Waals surface area (Å²) in [5.74, 6) is 2.31. The van der Waals surface area contributed by atoms with Crippen molar-refractivity contribution in [3.05, 3.63) is 0 Å². The van der Waals surface area contributed by atoms with Gasteiger partial charge in [0.1, 0.15) is 11.6 Å². The fourth-order valence-corrected chi connectivity index (χ4v) is 5.15. The fraction of sp³-hybridized carbons (Fsp3) is 0.800. The molecule has 0 atom stereocenters. The van der Waals surface area contributed by atoms with E-state index in [1.807, 2.05) is 0 Å². The van der Waals surface area contributed by atoms with Crippen LogP contribution in [-0.2, 0) is 9.59 Å². The quantitative estimate of drug-likeness (QED) is 0.646. The van der Waals surface area contributed by atoms with E-state index in [4.69, 9.17) is 0 Å². The Bertz CT molecular complexity index is 231. The average Bonchev–Trinajstić information content (AvgIpc) is 2.19. The topological polar surface area (TPSA) is 34.1 Å². The van der Waals surface area contributed by atoms with Crippen LogP contribution in [0.4, 0.5) is 0 Å². The molecule has 1 heterocycles. The van der Waals surface area contributed by atoms with Crippen molar-refractivity contribution in [3.8, 4) is 0 Å². The van der Waals surface area contributed by atoms with E-state index in [1.54, 1.807) is 23.5 Å². The van der Waals surface area contributed by atoms with Crippen molar-refractivity contribution in [2.24, 2.45) is 5.92 Å². The molecule has 0 spiro atoms. The smallest absolute Gasteiger partial charge is 0.145 e. The van der Waals surface area contributed by atoms with Gasteiger partial charge in [0, 0.05) is 12.8 Å². The summed E-state index contributed by atoms with van der Waals surface area (Å²) in [6.45, 7) is 0. The van der Waals surface area contributed by atoms with Crippen LogP contribution in [0.2, 0.25) is 0 Å². The van der Waals surface area contributed by atoms with E-state index < -0.39 is 0 Å². The Hall–Kier alpha value is 0.0400. The first-order chi connectivity index (χ1) is 6.79. The van der Waals surface area contributed by atoms with E-state index >= 15 is 0 Å². The molecule has 1 saturated heterocycles. The molecule has 1 saturated carbocycles. The first-order valence-corrected chi connectivity index (χ1v) is 7.17. The van der Waals surface area contributed by atoms with Crippen LogP contribution in [0, 0.1) is 5.92 Å². The van der Waals surface area contributed by atoms with Gasteiger partial charge in [0.15, 0.2) is 0 Å². The molecule has 2 fully saturated rings. The Morgan fingerprint density at radius 2 is 1.50 bits per heavy atom. The summed E-state index contributed by atoms with van der Waals surface area (Å²) in [6, 6.07) is 0. The van der Waals surface area contributed by atoms with Crippen LogP contribution in [0.5, 0.6) is 0 Å². The second-order valence-corrected chi connectivity index (χ2v) is 6.52. The maximum atomic E-state index is 11.7. The first kappa shape index (κ1) is 10.6. The van der Waals surface area contributed by atoms with Crippen molar-refractivity contribution >= 4 is 35.1 Å². The predicted molar refractivity (Wildman–Crippen MR) is 60.7 cm³/mol. The largest absolute Gasteiger partial charge is 0.299 e. The maximum Gasteiger partial charge on any atom is 0.145 e. The number of rotatable bonds is 1. The highest BCUT2D eigenvalue weighted by atomic mass is 32.2. The van der Waals surface area contributed by atoms with Crippen LogP contribution >= 0.6 is 23.5 Å². The lowest BCUT2D eigenvalue weighted by Crippen LogP contribution is -2.36. The molecule has 2 aliphatic rings. The molecule has 1 aliphatic heterocycles. The molecule has 0 bridgehead atoms. The van der Waals surface area contributed by atoms with E-state index in [9.17, 15) is 9.59 Å². The minimum Gasteiger partial charge on any atom is -0.299 e. The molecule has 0 unspecified atom stereocenters. The molecule has 2 rings (SSSR count). The Morgan fingerprint density at radius 3 is 2.07 bits per heavy atom. The van der Waals surface area contributed by atoms with Gasteiger partial charge in [-0.1, -0.05) is 0 Å². The van der Waals surface area contributed by atoms with Crippen LogP contribution in [0.3, 0.4) is 0 Å². The molecule has 78 valence electrons. The third-order valence-electron chi connectivity index (χ3n) is 2.67. The molecule has 4 heteroatoms. The summed E-state index contributed by atoms with van der Waals surface area (Å²) in [6.07, 6.45) is 3.22. The number of Topliss-reactive ketones (excluding diaryl/α,β-unsaturated/α-hetero) is 2. The number of ketones is 2. The third-order valence-corrected chi connectivity index (χ3v) is 5.73. The van der Waals surface area contributed by atoms with Crippen molar-refractivity contribution in [1.82, 2.24) is 0 Å². The zero-order valence-corrected chi connectivity index (χ0v) is 9.66. The van der Waals surface area contributed by atoms with Crippen LogP contribution < -0.4 is 0 Å². The summed E-state index contributed by atoms with van der Waals surface area (Å²) in [7, 11) is 0. The summed E-state index contributed by atoms with van der Waals surface area (Å²) in [5.41, 5.74) is 0. The van der Waals surface area contributed by atoms with Gasteiger partial charge in [-0.15, -0.1) is 23.5 Å². The van der Waals surface area contributed by atoms with E-state index in [0.29, 0.717) is 12.8 Å². The number of carbonyl (C=O) groups is 2. The Balaban J connectivity index is 2.05. The van der Waals surface area contributed by atoms with Crippen molar-refractivity contribution < 1.29 is 9.59 Å². The van der Waals surface area contributed by atoms with Gasteiger partial charge >= 0.3 is 0 Å². The van der Waals surface area contributed by atoms with E-state index in [0.717, 1.165) is 17.9 Å². The summed E-state index contributed by atoms with van der Waals surface area (Å²) in [4.78, 5) is 23.3. The standard InChI is InChI=1S/C10H14O2S2/c11-7-3-1-4-8(12)9(7)10-13-5-2-6-14-10/h9-10H,1-6H2. The molecule has 0 aromatic heterocycles. The molecule has 2 nitrogen and oxygen atoms in total. The summed E-state index contributed by atoms with van der Waals surface area (Å²) in [5, 5.41) is 0. The molecule has 1 aliphatic carbocycles. The lowest BCUT2D eigenvalue weighted by atomic mass is 9.88. The maximum absolute atomic E-state index is 11.7. The van der Waals surface area contributed by atoms with Crippen molar-refractivity contribution in [2.75, 3.05) is 11.5 Å². The van der Waals surface area contributed by atoms with Gasteiger partial charge in [0.25, 0.3) is 0 Å². The van der Waals surface area contributed by atoms with Gasteiger partial charge in [-0.3, -0.25) is 9.59 Å². The monoisotopic (exact) mass is 230 g/mol. The molecule has 0 amide bonds. The van der Waals surface area contributed by atoms with Crippen LogP contribution in [0.1, 0.15) is 25.7 Å². The lowest BCUT2D eigenvalue weighted by molar-refractivity contribution is -0.134. The SMILES string of the molecule is O=C1CCCC(=O)C1C1SCCCS1. The molecule has 0 aromatic rings. The summed E-state index contributed by atoms with van der Waals surface area (Å²) < 4.78 is 0.226. The summed E-state index contributed by atoms with van der Waals surface area (Å²) >= 11 is 3.60. The molecule has 0 radical (unpaired) electrons. The number of thioether (sulfide) groups is 2. The first-order valence-electron chi connectivity index (χ1n) is 5.07. The third kappa shape index (κ3) is 2.16. The van der Waals surface area contributed by atoms with Crippen LogP contribution in [0.25, 0.3) is 0 Å². The van der Waals surface area contributed by atoms with Gasteiger partial charge in [-0.05, 0) is 24.3 Å². The van der Waals surface area contributed by atoms with E-state index in [1.165, 1.54) is 6.42 Å². The normalized spacial score (nSPS) is 26.9.